The number of nitrogens with two attached hydrogens (primary N) is 1. The molecule has 2 rings (SSSR count). The van der Waals surface area contributed by atoms with E-state index in [1.54, 1.807) is 0 Å². The second-order valence-electron chi connectivity index (χ2n) is 5.72. The van der Waals surface area contributed by atoms with Gasteiger partial charge in [0.2, 0.25) is 5.89 Å². The van der Waals surface area contributed by atoms with Gasteiger partial charge in [-0.2, -0.15) is 4.98 Å². The van der Waals surface area contributed by atoms with Gasteiger partial charge < -0.3 is 15.0 Å². The van der Waals surface area contributed by atoms with E-state index in [4.69, 9.17) is 15.0 Å². The Kier molecular flexibility index (Phi) is 3.49. The summed E-state index contributed by atoms with van der Waals surface area (Å²) >= 11 is 0. The average molecular weight is 239 g/mol. The third-order valence-corrected chi connectivity index (χ3v) is 3.24. The third kappa shape index (κ3) is 2.84. The van der Waals surface area contributed by atoms with Crippen LogP contribution in [0.4, 0.5) is 0 Å². The lowest BCUT2D eigenvalue weighted by atomic mass is 9.87. The largest absolute Gasteiger partial charge is 0.381 e. The SMILES string of the molecule is CC(C)(C)C(N)c1nc(C2CCOCC2)no1. The van der Waals surface area contributed by atoms with Crippen molar-refractivity contribution in [2.75, 3.05) is 13.2 Å². The van der Waals surface area contributed by atoms with Crippen LogP contribution in [-0.4, -0.2) is 23.4 Å². The number of ether oxygens (including phenoxy) is 1. The standard InChI is InChI=1S/C12H21N3O2/c1-12(2,3)9(13)11-14-10(15-17-11)8-4-6-16-7-5-8/h8-9H,4-7,13H2,1-3H3. The predicted molar refractivity (Wildman–Crippen MR) is 63.5 cm³/mol. The van der Waals surface area contributed by atoms with E-state index in [0.717, 1.165) is 31.9 Å². The van der Waals surface area contributed by atoms with E-state index in [2.05, 4.69) is 30.9 Å². The maximum absolute atomic E-state index is 6.09. The Bertz CT molecular complexity index is 364. The van der Waals surface area contributed by atoms with Crippen LogP contribution in [0.3, 0.4) is 0 Å². The van der Waals surface area contributed by atoms with E-state index in [0.29, 0.717) is 11.8 Å². The number of hydrogen-bond donors (Lipinski definition) is 1. The molecular formula is C12H21N3O2. The Morgan fingerprint density at radius 2 is 1.94 bits per heavy atom. The molecular weight excluding hydrogens is 218 g/mol. The van der Waals surface area contributed by atoms with E-state index in [1.165, 1.54) is 0 Å². The van der Waals surface area contributed by atoms with E-state index in [1.807, 2.05) is 0 Å². The second-order valence-corrected chi connectivity index (χ2v) is 5.72. The average Bonchev–Trinajstić information content (AvgIpc) is 2.77. The topological polar surface area (TPSA) is 74.2 Å². The zero-order chi connectivity index (χ0) is 12.5. The van der Waals surface area contributed by atoms with Gasteiger partial charge in [0, 0.05) is 19.1 Å². The van der Waals surface area contributed by atoms with E-state index >= 15 is 0 Å². The molecule has 0 aliphatic carbocycles. The Labute approximate surface area is 102 Å². The normalized spacial score (nSPS) is 20.5. The van der Waals surface area contributed by atoms with Crippen LogP contribution in [0.25, 0.3) is 0 Å². The highest BCUT2D eigenvalue weighted by molar-refractivity contribution is 5.01. The van der Waals surface area contributed by atoms with Gasteiger partial charge in [-0.05, 0) is 18.3 Å². The molecule has 2 N–H and O–H groups in total. The number of hydrogen-bond acceptors (Lipinski definition) is 5. The van der Waals surface area contributed by atoms with Crippen LogP contribution in [0.1, 0.15) is 57.3 Å². The van der Waals surface area contributed by atoms with E-state index in [9.17, 15) is 0 Å². The van der Waals surface area contributed by atoms with Crippen LogP contribution in [0.15, 0.2) is 4.52 Å². The van der Waals surface area contributed by atoms with Crippen molar-refractivity contribution in [3.05, 3.63) is 11.7 Å². The highest BCUT2D eigenvalue weighted by Gasteiger charge is 2.29. The quantitative estimate of drug-likeness (QED) is 0.854. The predicted octanol–water partition coefficient (Wildman–Crippen LogP) is 2.01. The van der Waals surface area contributed by atoms with Crippen molar-refractivity contribution < 1.29 is 9.26 Å². The van der Waals surface area contributed by atoms with Crippen LogP contribution in [0.5, 0.6) is 0 Å². The number of rotatable bonds is 2. The fourth-order valence-electron chi connectivity index (χ4n) is 1.87. The summed E-state index contributed by atoms with van der Waals surface area (Å²) in [7, 11) is 0. The van der Waals surface area contributed by atoms with Gasteiger partial charge in [0.1, 0.15) is 0 Å². The maximum Gasteiger partial charge on any atom is 0.244 e. The molecule has 2 heterocycles. The Hall–Kier alpha value is -0.940. The molecule has 96 valence electrons. The molecule has 0 radical (unpaired) electrons. The van der Waals surface area contributed by atoms with Gasteiger partial charge in [-0.25, -0.2) is 0 Å². The lowest BCUT2D eigenvalue weighted by molar-refractivity contribution is 0.0830. The molecule has 0 aromatic carbocycles. The van der Waals surface area contributed by atoms with E-state index in [-0.39, 0.29) is 11.5 Å². The Morgan fingerprint density at radius 3 is 2.53 bits per heavy atom. The molecule has 1 aromatic heterocycles. The van der Waals surface area contributed by atoms with Gasteiger partial charge >= 0.3 is 0 Å². The molecule has 0 saturated carbocycles. The van der Waals surface area contributed by atoms with Crippen molar-refractivity contribution in [3.63, 3.8) is 0 Å². The zero-order valence-corrected chi connectivity index (χ0v) is 10.8. The minimum Gasteiger partial charge on any atom is -0.381 e. The first-order valence-electron chi connectivity index (χ1n) is 6.15. The van der Waals surface area contributed by atoms with Gasteiger partial charge in [-0.15, -0.1) is 0 Å². The first-order chi connectivity index (χ1) is 7.98. The minimum absolute atomic E-state index is 0.0700. The highest BCUT2D eigenvalue weighted by Crippen LogP contribution is 2.31. The Balaban J connectivity index is 2.10. The summed E-state index contributed by atoms with van der Waals surface area (Å²) in [6.07, 6.45) is 1.92. The summed E-state index contributed by atoms with van der Waals surface area (Å²) < 4.78 is 10.6. The molecule has 1 unspecified atom stereocenters. The molecule has 17 heavy (non-hydrogen) atoms. The van der Waals surface area contributed by atoms with Crippen LogP contribution in [0, 0.1) is 5.41 Å². The molecule has 1 atom stereocenters. The third-order valence-electron chi connectivity index (χ3n) is 3.24. The van der Waals surface area contributed by atoms with Gasteiger partial charge in [-0.3, -0.25) is 0 Å². The van der Waals surface area contributed by atoms with Crippen molar-refractivity contribution in [1.29, 1.82) is 0 Å². The molecule has 5 heteroatoms. The Morgan fingerprint density at radius 1 is 1.29 bits per heavy atom. The highest BCUT2D eigenvalue weighted by atomic mass is 16.5. The van der Waals surface area contributed by atoms with Crippen molar-refractivity contribution in [2.45, 2.75) is 45.6 Å². The molecule has 0 bridgehead atoms. The van der Waals surface area contributed by atoms with Crippen LogP contribution >= 0.6 is 0 Å². The van der Waals surface area contributed by atoms with Gasteiger partial charge in [0.25, 0.3) is 0 Å². The summed E-state index contributed by atoms with van der Waals surface area (Å²) in [5.74, 6) is 1.68. The molecule has 0 amide bonds. The fraction of sp³-hybridized carbons (Fsp3) is 0.833. The van der Waals surface area contributed by atoms with Crippen molar-refractivity contribution in [3.8, 4) is 0 Å². The first kappa shape index (κ1) is 12.5. The summed E-state index contributed by atoms with van der Waals surface area (Å²) in [5.41, 5.74) is 6.02. The van der Waals surface area contributed by atoms with Gasteiger partial charge in [0.05, 0.1) is 6.04 Å². The molecule has 0 spiro atoms. The van der Waals surface area contributed by atoms with Gasteiger partial charge in [0.15, 0.2) is 5.82 Å². The molecule has 1 saturated heterocycles. The lowest BCUT2D eigenvalue weighted by Crippen LogP contribution is -2.26. The second kappa shape index (κ2) is 4.74. The van der Waals surface area contributed by atoms with Crippen LogP contribution in [-0.2, 0) is 4.74 Å². The fourth-order valence-corrected chi connectivity index (χ4v) is 1.87. The van der Waals surface area contributed by atoms with Crippen LogP contribution in [0.2, 0.25) is 0 Å². The van der Waals surface area contributed by atoms with Crippen molar-refractivity contribution >= 4 is 0 Å². The minimum atomic E-state index is -0.219. The summed E-state index contributed by atoms with van der Waals surface area (Å²) in [6.45, 7) is 7.75. The van der Waals surface area contributed by atoms with Gasteiger partial charge in [-0.1, -0.05) is 25.9 Å². The summed E-state index contributed by atoms with van der Waals surface area (Å²) in [5, 5.41) is 4.05. The van der Waals surface area contributed by atoms with E-state index < -0.39 is 0 Å². The summed E-state index contributed by atoms with van der Waals surface area (Å²) in [4.78, 5) is 4.44. The van der Waals surface area contributed by atoms with Crippen LogP contribution < -0.4 is 5.73 Å². The van der Waals surface area contributed by atoms with Crippen molar-refractivity contribution in [1.82, 2.24) is 10.1 Å². The monoisotopic (exact) mass is 239 g/mol. The zero-order valence-electron chi connectivity index (χ0n) is 10.8. The first-order valence-corrected chi connectivity index (χ1v) is 6.15. The maximum atomic E-state index is 6.09. The number of nitrogens with zero attached hydrogens (tertiary/aromatic N) is 2. The molecule has 1 aliphatic rings. The smallest absolute Gasteiger partial charge is 0.244 e. The summed E-state index contributed by atoms with van der Waals surface area (Å²) in [6, 6.07) is -0.219. The van der Waals surface area contributed by atoms with Crippen molar-refractivity contribution in [2.24, 2.45) is 11.1 Å². The lowest BCUT2D eigenvalue weighted by Gasteiger charge is -2.23. The molecule has 1 fully saturated rings. The molecule has 5 nitrogen and oxygen atoms in total. The number of aromatic nitrogens is 2. The molecule has 1 aromatic rings. The molecule has 1 aliphatic heterocycles.